The number of nitrogens with one attached hydrogen (secondary N) is 1. The maximum absolute atomic E-state index is 12.2. The van der Waals surface area contributed by atoms with Crippen molar-refractivity contribution < 1.29 is 14.3 Å². The van der Waals surface area contributed by atoms with Crippen molar-refractivity contribution in [3.05, 3.63) is 52.5 Å². The molecule has 0 heterocycles. The summed E-state index contributed by atoms with van der Waals surface area (Å²) in [4.78, 5) is 12.2. The normalized spacial score (nSPS) is 10.3. The van der Waals surface area contributed by atoms with Gasteiger partial charge in [0.1, 0.15) is 11.5 Å². The Morgan fingerprint density at radius 3 is 2.52 bits per heavy atom. The molecule has 0 unspecified atom stereocenters. The van der Waals surface area contributed by atoms with Gasteiger partial charge < -0.3 is 14.8 Å². The van der Waals surface area contributed by atoms with Gasteiger partial charge in [0.25, 0.3) is 0 Å². The van der Waals surface area contributed by atoms with Crippen LogP contribution >= 0.6 is 11.6 Å². The van der Waals surface area contributed by atoms with Crippen LogP contribution in [-0.2, 0) is 11.2 Å². The molecule has 0 aliphatic rings. The minimum atomic E-state index is -0.116. The Morgan fingerprint density at radius 1 is 1.22 bits per heavy atom. The molecular weight excluding hydrogens is 314 g/mol. The van der Waals surface area contributed by atoms with Crippen molar-refractivity contribution in [2.45, 2.75) is 20.3 Å². The number of hydrogen-bond donors (Lipinski definition) is 1. The van der Waals surface area contributed by atoms with Crippen LogP contribution in [0.3, 0.4) is 0 Å². The fourth-order valence-electron chi connectivity index (χ4n) is 2.18. The molecule has 2 rings (SSSR count). The van der Waals surface area contributed by atoms with Crippen LogP contribution in [-0.4, -0.2) is 19.6 Å². The van der Waals surface area contributed by atoms with E-state index in [4.69, 9.17) is 21.1 Å². The molecule has 0 saturated carbocycles. The van der Waals surface area contributed by atoms with Crippen molar-refractivity contribution in [3.63, 3.8) is 0 Å². The minimum absolute atomic E-state index is 0.116. The molecule has 0 aliphatic carbocycles. The van der Waals surface area contributed by atoms with Crippen LogP contribution in [0.2, 0.25) is 5.02 Å². The van der Waals surface area contributed by atoms with Crippen LogP contribution in [0.4, 0.5) is 5.69 Å². The zero-order valence-corrected chi connectivity index (χ0v) is 14.2. The van der Waals surface area contributed by atoms with E-state index in [-0.39, 0.29) is 12.3 Å². The number of rotatable bonds is 6. The molecule has 0 radical (unpaired) electrons. The van der Waals surface area contributed by atoms with Gasteiger partial charge in [-0.25, -0.2) is 0 Å². The predicted molar refractivity (Wildman–Crippen MR) is 92.7 cm³/mol. The number of ether oxygens (including phenoxy) is 2. The first kappa shape index (κ1) is 17.2. The Morgan fingerprint density at radius 2 is 1.91 bits per heavy atom. The van der Waals surface area contributed by atoms with Crippen molar-refractivity contribution in [3.8, 4) is 11.5 Å². The number of amides is 1. The predicted octanol–water partition coefficient (Wildman–Crippen LogP) is 4.24. The number of carbonyl (C=O) groups is 1. The third-order valence-electron chi connectivity index (χ3n) is 3.35. The lowest BCUT2D eigenvalue weighted by Gasteiger charge is -2.12. The fourth-order valence-corrected chi connectivity index (χ4v) is 2.33. The lowest BCUT2D eigenvalue weighted by molar-refractivity contribution is -0.115. The van der Waals surface area contributed by atoms with Crippen molar-refractivity contribution in [2.75, 3.05) is 19.0 Å². The molecule has 0 spiro atoms. The van der Waals surface area contributed by atoms with Crippen molar-refractivity contribution in [1.29, 1.82) is 0 Å². The average Bonchev–Trinajstić information content (AvgIpc) is 2.53. The summed E-state index contributed by atoms with van der Waals surface area (Å²) in [6, 6.07) is 11.0. The SMILES string of the molecule is CCOc1ccc(CC(=O)Nc2cc(C)c(Cl)cc2OC)cc1. The molecule has 1 amide bonds. The Kier molecular flexibility index (Phi) is 5.88. The summed E-state index contributed by atoms with van der Waals surface area (Å²) in [5.41, 5.74) is 2.41. The van der Waals surface area contributed by atoms with Gasteiger partial charge in [-0.05, 0) is 43.2 Å². The van der Waals surface area contributed by atoms with Gasteiger partial charge >= 0.3 is 0 Å². The van der Waals surface area contributed by atoms with E-state index in [0.29, 0.717) is 23.1 Å². The zero-order chi connectivity index (χ0) is 16.8. The monoisotopic (exact) mass is 333 g/mol. The highest BCUT2D eigenvalue weighted by Crippen LogP contribution is 2.31. The summed E-state index contributed by atoms with van der Waals surface area (Å²) in [6.45, 7) is 4.43. The van der Waals surface area contributed by atoms with Crippen LogP contribution < -0.4 is 14.8 Å². The Hall–Kier alpha value is -2.20. The van der Waals surface area contributed by atoms with Crippen LogP contribution in [0.5, 0.6) is 11.5 Å². The third kappa shape index (κ3) is 4.63. The second kappa shape index (κ2) is 7.88. The van der Waals surface area contributed by atoms with Gasteiger partial charge in [-0.15, -0.1) is 0 Å². The molecule has 2 aromatic rings. The van der Waals surface area contributed by atoms with Crippen LogP contribution in [0, 0.1) is 6.92 Å². The first-order valence-corrected chi connectivity index (χ1v) is 7.77. The highest BCUT2D eigenvalue weighted by Gasteiger charge is 2.11. The number of anilines is 1. The van der Waals surface area contributed by atoms with Gasteiger partial charge in [0, 0.05) is 11.1 Å². The summed E-state index contributed by atoms with van der Waals surface area (Å²) in [5, 5.41) is 3.47. The van der Waals surface area contributed by atoms with E-state index in [1.807, 2.05) is 38.1 Å². The second-order valence-electron chi connectivity index (χ2n) is 5.10. The maximum Gasteiger partial charge on any atom is 0.228 e. The van der Waals surface area contributed by atoms with E-state index in [0.717, 1.165) is 16.9 Å². The summed E-state index contributed by atoms with van der Waals surface area (Å²) in [7, 11) is 1.54. The van der Waals surface area contributed by atoms with Gasteiger partial charge in [-0.1, -0.05) is 23.7 Å². The summed E-state index contributed by atoms with van der Waals surface area (Å²) < 4.78 is 10.6. The lowest BCUT2D eigenvalue weighted by Crippen LogP contribution is -2.15. The molecule has 0 aromatic heterocycles. The van der Waals surface area contributed by atoms with Crippen molar-refractivity contribution >= 4 is 23.2 Å². The molecule has 0 fully saturated rings. The minimum Gasteiger partial charge on any atom is -0.495 e. The molecule has 122 valence electrons. The first-order valence-electron chi connectivity index (χ1n) is 7.39. The molecule has 1 N–H and O–H groups in total. The van der Waals surface area contributed by atoms with Crippen LogP contribution in [0.15, 0.2) is 36.4 Å². The highest BCUT2D eigenvalue weighted by atomic mass is 35.5. The van der Waals surface area contributed by atoms with Gasteiger partial charge in [0.05, 0.1) is 25.8 Å². The molecule has 23 heavy (non-hydrogen) atoms. The molecule has 5 heteroatoms. The van der Waals surface area contributed by atoms with Gasteiger partial charge in [-0.2, -0.15) is 0 Å². The van der Waals surface area contributed by atoms with E-state index in [1.54, 1.807) is 19.2 Å². The molecule has 4 nitrogen and oxygen atoms in total. The van der Waals surface area contributed by atoms with Gasteiger partial charge in [0.2, 0.25) is 5.91 Å². The van der Waals surface area contributed by atoms with E-state index >= 15 is 0 Å². The maximum atomic E-state index is 12.2. The van der Waals surface area contributed by atoms with Crippen LogP contribution in [0.1, 0.15) is 18.1 Å². The third-order valence-corrected chi connectivity index (χ3v) is 3.76. The number of hydrogen-bond acceptors (Lipinski definition) is 3. The number of aryl methyl sites for hydroxylation is 1. The van der Waals surface area contributed by atoms with Gasteiger partial charge in [0.15, 0.2) is 0 Å². The molecule has 0 bridgehead atoms. The summed E-state index contributed by atoms with van der Waals surface area (Å²) in [6.07, 6.45) is 0.275. The standard InChI is InChI=1S/C18H20ClNO3/c1-4-23-14-7-5-13(6-8-14)10-18(21)20-16-9-12(2)15(19)11-17(16)22-3/h5-9,11H,4,10H2,1-3H3,(H,20,21). The quantitative estimate of drug-likeness (QED) is 0.860. The molecule has 0 atom stereocenters. The first-order chi connectivity index (χ1) is 11.0. The molecule has 2 aromatic carbocycles. The van der Waals surface area contributed by atoms with Crippen molar-refractivity contribution in [2.24, 2.45) is 0 Å². The Bertz CT molecular complexity index is 683. The fraction of sp³-hybridized carbons (Fsp3) is 0.278. The average molecular weight is 334 g/mol. The largest absolute Gasteiger partial charge is 0.495 e. The number of carbonyl (C=O) groups excluding carboxylic acids is 1. The van der Waals surface area contributed by atoms with E-state index < -0.39 is 0 Å². The van der Waals surface area contributed by atoms with Crippen LogP contribution in [0.25, 0.3) is 0 Å². The van der Waals surface area contributed by atoms with Crippen molar-refractivity contribution in [1.82, 2.24) is 0 Å². The smallest absolute Gasteiger partial charge is 0.228 e. The topological polar surface area (TPSA) is 47.6 Å². The highest BCUT2D eigenvalue weighted by molar-refractivity contribution is 6.31. The number of benzene rings is 2. The lowest BCUT2D eigenvalue weighted by atomic mass is 10.1. The Labute approximate surface area is 141 Å². The summed E-state index contributed by atoms with van der Waals surface area (Å²) >= 11 is 6.07. The molecular formula is C18H20ClNO3. The zero-order valence-electron chi connectivity index (χ0n) is 13.5. The van der Waals surface area contributed by atoms with E-state index in [1.165, 1.54) is 0 Å². The number of methoxy groups -OCH3 is 1. The van der Waals surface area contributed by atoms with E-state index in [2.05, 4.69) is 5.32 Å². The second-order valence-corrected chi connectivity index (χ2v) is 5.51. The van der Waals surface area contributed by atoms with E-state index in [9.17, 15) is 4.79 Å². The Balaban J connectivity index is 2.06. The summed E-state index contributed by atoms with van der Waals surface area (Å²) in [5.74, 6) is 1.22. The molecule has 0 saturated heterocycles. The number of halogens is 1. The molecule has 0 aliphatic heterocycles. The van der Waals surface area contributed by atoms with Gasteiger partial charge in [-0.3, -0.25) is 4.79 Å².